The molecule has 0 N–H and O–H groups in total. The summed E-state index contributed by atoms with van der Waals surface area (Å²) in [5.41, 5.74) is 1.29. The van der Waals surface area contributed by atoms with Crippen LogP contribution in [0.5, 0.6) is 0 Å². The van der Waals surface area contributed by atoms with Gasteiger partial charge in [0.25, 0.3) is 0 Å². The Balaban J connectivity index is 1.38. The fourth-order valence-corrected chi connectivity index (χ4v) is 3.52. The minimum absolute atomic E-state index is 0.0764. The fourth-order valence-electron chi connectivity index (χ4n) is 3.52. The van der Waals surface area contributed by atoms with E-state index in [-0.39, 0.29) is 23.8 Å². The van der Waals surface area contributed by atoms with Gasteiger partial charge in [0.2, 0.25) is 11.8 Å². The van der Waals surface area contributed by atoms with Gasteiger partial charge in [-0.25, -0.2) is 0 Å². The Bertz CT molecular complexity index is 567. The number of amides is 2. The van der Waals surface area contributed by atoms with E-state index in [1.807, 2.05) is 23.1 Å². The lowest BCUT2D eigenvalue weighted by molar-refractivity contribution is -0.138. The average Bonchev–Trinajstić information content (AvgIpc) is 2.95. The highest BCUT2D eigenvalue weighted by molar-refractivity contribution is 5.89. The van der Waals surface area contributed by atoms with Gasteiger partial charge in [0.15, 0.2) is 0 Å². The number of carbonyl (C=O) groups excluding carboxylic acids is 2. The third-order valence-electron chi connectivity index (χ3n) is 5.03. The number of carbonyl (C=O) groups is 2. The van der Waals surface area contributed by atoms with E-state index >= 15 is 0 Å². The van der Waals surface area contributed by atoms with Crippen LogP contribution in [0.25, 0.3) is 0 Å². The highest BCUT2D eigenvalue weighted by Crippen LogP contribution is 2.22. The number of nitrogens with zero attached hydrogens (tertiary/aromatic N) is 2. The molecule has 130 valence electrons. The second-order valence-electron chi connectivity index (χ2n) is 6.81. The molecule has 0 aromatic heterocycles. The van der Waals surface area contributed by atoms with Crippen LogP contribution in [0.15, 0.2) is 30.3 Å². The molecule has 2 heterocycles. The van der Waals surface area contributed by atoms with Crippen molar-refractivity contribution >= 4 is 11.8 Å². The van der Waals surface area contributed by atoms with Gasteiger partial charge < -0.3 is 14.5 Å². The molecule has 3 rings (SSSR count). The molecule has 0 aliphatic carbocycles. The Morgan fingerprint density at radius 3 is 2.54 bits per heavy atom. The molecule has 2 aliphatic heterocycles. The summed E-state index contributed by atoms with van der Waals surface area (Å²) in [6.07, 6.45) is 3.30. The van der Waals surface area contributed by atoms with Crippen LogP contribution in [0.4, 0.5) is 0 Å². The molecule has 1 atom stereocenters. The molecule has 1 aromatic rings. The molecule has 0 spiro atoms. The summed E-state index contributed by atoms with van der Waals surface area (Å²) in [5.74, 6) is 0.0564. The van der Waals surface area contributed by atoms with E-state index in [9.17, 15) is 9.59 Å². The Labute approximate surface area is 143 Å². The third kappa shape index (κ3) is 4.15. The first-order valence-electron chi connectivity index (χ1n) is 8.82. The SMILES string of the molecule is CN1C[C@H](C(=O)N2CCC(OCCc3ccccc3)CC2)CC1=O. The molecular formula is C19H26N2O3. The van der Waals surface area contributed by atoms with Crippen molar-refractivity contribution in [2.45, 2.75) is 31.8 Å². The molecule has 0 bridgehead atoms. The van der Waals surface area contributed by atoms with E-state index < -0.39 is 0 Å². The predicted octanol–water partition coefficient (Wildman–Crippen LogP) is 1.71. The van der Waals surface area contributed by atoms with E-state index in [0.717, 1.165) is 39.0 Å². The maximum absolute atomic E-state index is 12.5. The minimum atomic E-state index is -0.155. The van der Waals surface area contributed by atoms with Crippen LogP contribution in [0.3, 0.4) is 0 Å². The second-order valence-corrected chi connectivity index (χ2v) is 6.81. The van der Waals surface area contributed by atoms with E-state index in [1.54, 1.807) is 11.9 Å². The van der Waals surface area contributed by atoms with Crippen LogP contribution in [-0.2, 0) is 20.7 Å². The number of piperidine rings is 1. The zero-order valence-corrected chi connectivity index (χ0v) is 14.3. The molecule has 24 heavy (non-hydrogen) atoms. The Kier molecular flexibility index (Phi) is 5.51. The number of benzene rings is 1. The lowest BCUT2D eigenvalue weighted by Gasteiger charge is -2.33. The van der Waals surface area contributed by atoms with Gasteiger partial charge in [0.05, 0.1) is 18.6 Å². The molecule has 2 aliphatic rings. The Hall–Kier alpha value is -1.88. The lowest BCUT2D eigenvalue weighted by Crippen LogP contribution is -2.44. The van der Waals surface area contributed by atoms with Crippen LogP contribution in [0.2, 0.25) is 0 Å². The van der Waals surface area contributed by atoms with Gasteiger partial charge in [-0.05, 0) is 24.8 Å². The quantitative estimate of drug-likeness (QED) is 0.826. The summed E-state index contributed by atoms with van der Waals surface area (Å²) in [4.78, 5) is 27.7. The summed E-state index contributed by atoms with van der Waals surface area (Å²) < 4.78 is 5.97. The number of ether oxygens (including phenoxy) is 1. The van der Waals surface area contributed by atoms with Crippen molar-refractivity contribution in [1.82, 2.24) is 9.80 Å². The van der Waals surface area contributed by atoms with E-state index in [1.165, 1.54) is 5.56 Å². The molecular weight excluding hydrogens is 304 g/mol. The lowest BCUT2D eigenvalue weighted by atomic mass is 10.0. The van der Waals surface area contributed by atoms with Crippen LogP contribution >= 0.6 is 0 Å². The van der Waals surface area contributed by atoms with Crippen LogP contribution in [-0.4, -0.2) is 61.0 Å². The summed E-state index contributed by atoms with van der Waals surface area (Å²) in [6, 6.07) is 10.3. The second kappa shape index (κ2) is 7.79. The van der Waals surface area contributed by atoms with Crippen molar-refractivity contribution in [1.29, 1.82) is 0 Å². The van der Waals surface area contributed by atoms with Gasteiger partial charge >= 0.3 is 0 Å². The molecule has 0 saturated carbocycles. The summed E-state index contributed by atoms with van der Waals surface area (Å²) in [6.45, 7) is 2.77. The molecule has 5 heteroatoms. The van der Waals surface area contributed by atoms with Gasteiger partial charge in [-0.3, -0.25) is 9.59 Å². The normalized spacial score (nSPS) is 22.2. The van der Waals surface area contributed by atoms with Crippen LogP contribution < -0.4 is 0 Å². The van der Waals surface area contributed by atoms with Gasteiger partial charge in [-0.2, -0.15) is 0 Å². The van der Waals surface area contributed by atoms with Gasteiger partial charge in [-0.1, -0.05) is 30.3 Å². The standard InChI is InChI=1S/C19H26N2O3/c1-20-14-16(13-18(20)22)19(23)21-10-7-17(8-11-21)24-12-9-15-5-3-2-4-6-15/h2-6,16-17H,7-14H2,1H3/t16-/m1/s1. The maximum Gasteiger partial charge on any atom is 0.227 e. The molecule has 2 fully saturated rings. The first-order valence-corrected chi connectivity index (χ1v) is 8.82. The fraction of sp³-hybridized carbons (Fsp3) is 0.579. The van der Waals surface area contributed by atoms with Crippen molar-refractivity contribution in [3.63, 3.8) is 0 Å². The summed E-state index contributed by atoms with van der Waals surface area (Å²) >= 11 is 0. The van der Waals surface area contributed by atoms with Gasteiger partial charge in [0, 0.05) is 33.1 Å². The first-order chi connectivity index (χ1) is 11.6. The van der Waals surface area contributed by atoms with Crippen molar-refractivity contribution < 1.29 is 14.3 Å². The van der Waals surface area contributed by atoms with Crippen molar-refractivity contribution in [3.8, 4) is 0 Å². The van der Waals surface area contributed by atoms with Crippen LogP contribution in [0, 0.1) is 5.92 Å². The van der Waals surface area contributed by atoms with E-state index in [0.29, 0.717) is 13.0 Å². The van der Waals surface area contributed by atoms with Gasteiger partial charge in [-0.15, -0.1) is 0 Å². The third-order valence-corrected chi connectivity index (χ3v) is 5.03. The molecule has 2 saturated heterocycles. The molecule has 5 nitrogen and oxygen atoms in total. The largest absolute Gasteiger partial charge is 0.378 e. The smallest absolute Gasteiger partial charge is 0.227 e. The Morgan fingerprint density at radius 2 is 1.92 bits per heavy atom. The summed E-state index contributed by atoms with van der Waals surface area (Å²) in [5, 5.41) is 0. The van der Waals surface area contributed by atoms with Gasteiger partial charge in [0.1, 0.15) is 0 Å². The topological polar surface area (TPSA) is 49.9 Å². The minimum Gasteiger partial charge on any atom is -0.378 e. The van der Waals surface area contributed by atoms with E-state index in [2.05, 4.69) is 12.1 Å². The molecule has 2 amide bonds. The summed E-state index contributed by atoms with van der Waals surface area (Å²) in [7, 11) is 1.77. The highest BCUT2D eigenvalue weighted by atomic mass is 16.5. The number of rotatable bonds is 5. The van der Waals surface area contributed by atoms with Crippen molar-refractivity contribution in [2.75, 3.05) is 33.3 Å². The van der Waals surface area contributed by atoms with E-state index in [4.69, 9.17) is 4.74 Å². The molecule has 0 unspecified atom stereocenters. The first kappa shape index (κ1) is 17.0. The monoisotopic (exact) mass is 330 g/mol. The van der Waals surface area contributed by atoms with Crippen molar-refractivity contribution in [2.24, 2.45) is 5.92 Å². The molecule has 1 aromatic carbocycles. The number of hydrogen-bond acceptors (Lipinski definition) is 3. The van der Waals surface area contributed by atoms with Crippen LogP contribution in [0.1, 0.15) is 24.8 Å². The maximum atomic E-state index is 12.5. The number of hydrogen-bond donors (Lipinski definition) is 0. The Morgan fingerprint density at radius 1 is 1.21 bits per heavy atom. The average molecular weight is 330 g/mol. The predicted molar refractivity (Wildman–Crippen MR) is 91.4 cm³/mol. The van der Waals surface area contributed by atoms with Crippen molar-refractivity contribution in [3.05, 3.63) is 35.9 Å². The zero-order valence-electron chi connectivity index (χ0n) is 14.3. The zero-order chi connectivity index (χ0) is 16.9. The molecule has 0 radical (unpaired) electrons. The highest BCUT2D eigenvalue weighted by Gasteiger charge is 2.35. The number of likely N-dealkylation sites (tertiary alicyclic amines) is 2.